The van der Waals surface area contributed by atoms with E-state index < -0.39 is 0 Å². The molecule has 0 saturated carbocycles. The van der Waals surface area contributed by atoms with E-state index in [1.54, 1.807) is 0 Å². The van der Waals surface area contributed by atoms with E-state index in [0.717, 1.165) is 4.43 Å². The molecule has 0 aromatic heterocycles. The van der Waals surface area contributed by atoms with Crippen LogP contribution in [0.1, 0.15) is 60.8 Å². The van der Waals surface area contributed by atoms with E-state index in [2.05, 4.69) is 64.1 Å². The van der Waals surface area contributed by atoms with E-state index in [0.29, 0.717) is 12.2 Å². The standard InChI is InChI=1S/C16H27IO/c1-7-8-16(11-17)13(14(2,3)4)9-12(18)10-15(16,5)6/h9H,7-8,10-11H2,1-6H3. The molecule has 104 valence electrons. The quantitative estimate of drug-likeness (QED) is 0.499. The van der Waals surface area contributed by atoms with Crippen molar-refractivity contribution in [3.05, 3.63) is 11.6 Å². The Morgan fingerprint density at radius 3 is 2.28 bits per heavy atom. The Morgan fingerprint density at radius 2 is 1.89 bits per heavy atom. The zero-order valence-electron chi connectivity index (χ0n) is 12.7. The third-order valence-electron chi connectivity index (χ3n) is 4.45. The molecule has 1 atom stereocenters. The van der Waals surface area contributed by atoms with Gasteiger partial charge in [-0.25, -0.2) is 0 Å². The van der Waals surface area contributed by atoms with Crippen LogP contribution in [0.5, 0.6) is 0 Å². The molecule has 0 spiro atoms. The van der Waals surface area contributed by atoms with Gasteiger partial charge in [-0.3, -0.25) is 4.79 Å². The fraction of sp³-hybridized carbons (Fsp3) is 0.812. The normalized spacial score (nSPS) is 28.2. The Hall–Kier alpha value is 0.140. The molecule has 0 aliphatic heterocycles. The Bertz CT molecular complexity index is 360. The summed E-state index contributed by atoms with van der Waals surface area (Å²) < 4.78 is 1.10. The molecule has 0 aromatic carbocycles. The van der Waals surface area contributed by atoms with Crippen LogP contribution in [0.15, 0.2) is 11.6 Å². The molecular formula is C16H27IO. The summed E-state index contributed by atoms with van der Waals surface area (Å²) >= 11 is 2.52. The molecular weight excluding hydrogens is 335 g/mol. The summed E-state index contributed by atoms with van der Waals surface area (Å²) in [5.74, 6) is 0.307. The van der Waals surface area contributed by atoms with Crippen molar-refractivity contribution in [1.29, 1.82) is 0 Å². The van der Waals surface area contributed by atoms with E-state index in [9.17, 15) is 4.79 Å². The van der Waals surface area contributed by atoms with Crippen LogP contribution in [0, 0.1) is 16.2 Å². The second-order valence-corrected chi connectivity index (χ2v) is 8.06. The predicted octanol–water partition coefficient (Wildman–Crippen LogP) is 5.18. The van der Waals surface area contributed by atoms with Crippen molar-refractivity contribution in [1.82, 2.24) is 0 Å². The first kappa shape index (κ1) is 16.2. The molecule has 0 aromatic rings. The van der Waals surface area contributed by atoms with Crippen LogP contribution in [0.4, 0.5) is 0 Å². The van der Waals surface area contributed by atoms with Gasteiger partial charge in [0, 0.05) is 16.3 Å². The fourth-order valence-electron chi connectivity index (χ4n) is 3.47. The van der Waals surface area contributed by atoms with Crippen molar-refractivity contribution < 1.29 is 4.79 Å². The molecule has 18 heavy (non-hydrogen) atoms. The number of carbonyl (C=O) groups is 1. The molecule has 1 unspecified atom stereocenters. The molecule has 0 heterocycles. The molecule has 0 bridgehead atoms. The van der Waals surface area contributed by atoms with Crippen LogP contribution >= 0.6 is 22.6 Å². The van der Waals surface area contributed by atoms with Crippen molar-refractivity contribution in [3.63, 3.8) is 0 Å². The van der Waals surface area contributed by atoms with Crippen molar-refractivity contribution in [2.24, 2.45) is 16.2 Å². The number of hydrogen-bond donors (Lipinski definition) is 0. The van der Waals surface area contributed by atoms with Crippen LogP contribution in [0.2, 0.25) is 0 Å². The average Bonchev–Trinajstić information content (AvgIpc) is 2.19. The summed E-state index contributed by atoms with van der Waals surface area (Å²) in [5, 5.41) is 0. The first-order valence-electron chi connectivity index (χ1n) is 6.92. The lowest BCUT2D eigenvalue weighted by Crippen LogP contribution is -2.48. The maximum Gasteiger partial charge on any atom is 0.156 e. The van der Waals surface area contributed by atoms with E-state index in [1.165, 1.54) is 18.4 Å². The first-order chi connectivity index (χ1) is 8.10. The minimum Gasteiger partial charge on any atom is -0.295 e. The largest absolute Gasteiger partial charge is 0.295 e. The fourth-order valence-corrected chi connectivity index (χ4v) is 5.30. The van der Waals surface area contributed by atoms with Gasteiger partial charge in [0.25, 0.3) is 0 Å². The maximum atomic E-state index is 12.1. The van der Waals surface area contributed by atoms with Crippen LogP contribution in [-0.2, 0) is 4.79 Å². The van der Waals surface area contributed by atoms with Crippen LogP contribution in [0.3, 0.4) is 0 Å². The molecule has 0 amide bonds. The SMILES string of the molecule is CCCC1(CI)C(C(C)(C)C)=CC(=O)CC1(C)C. The predicted molar refractivity (Wildman–Crippen MR) is 87.2 cm³/mol. The topological polar surface area (TPSA) is 17.1 Å². The Kier molecular flexibility index (Phi) is 4.73. The van der Waals surface area contributed by atoms with Gasteiger partial charge in [0.1, 0.15) is 0 Å². The van der Waals surface area contributed by atoms with Gasteiger partial charge in [-0.15, -0.1) is 0 Å². The van der Waals surface area contributed by atoms with E-state index >= 15 is 0 Å². The van der Waals surface area contributed by atoms with Crippen LogP contribution < -0.4 is 0 Å². The van der Waals surface area contributed by atoms with Crippen LogP contribution in [0.25, 0.3) is 0 Å². The Balaban J connectivity index is 3.45. The van der Waals surface area contributed by atoms with Gasteiger partial charge in [-0.2, -0.15) is 0 Å². The number of ketones is 1. The molecule has 0 fully saturated rings. The highest BCUT2D eigenvalue weighted by atomic mass is 127. The molecule has 0 radical (unpaired) electrons. The van der Waals surface area contributed by atoms with Crippen molar-refractivity contribution in [2.75, 3.05) is 4.43 Å². The number of hydrogen-bond acceptors (Lipinski definition) is 1. The summed E-state index contributed by atoms with van der Waals surface area (Å²) in [7, 11) is 0. The van der Waals surface area contributed by atoms with Gasteiger partial charge in [-0.05, 0) is 23.3 Å². The van der Waals surface area contributed by atoms with Gasteiger partial charge < -0.3 is 0 Å². The number of carbonyl (C=O) groups excluding carboxylic acids is 1. The van der Waals surface area contributed by atoms with Crippen molar-refractivity contribution >= 4 is 28.4 Å². The second-order valence-electron chi connectivity index (χ2n) is 7.30. The second kappa shape index (κ2) is 5.26. The minimum atomic E-state index is 0.0681. The van der Waals surface area contributed by atoms with Crippen molar-refractivity contribution in [3.8, 4) is 0 Å². The molecule has 2 heteroatoms. The van der Waals surface area contributed by atoms with Gasteiger partial charge in [-0.1, -0.05) is 76.1 Å². The number of rotatable bonds is 3. The van der Waals surface area contributed by atoms with E-state index in [4.69, 9.17) is 0 Å². The van der Waals surface area contributed by atoms with Crippen LogP contribution in [-0.4, -0.2) is 10.2 Å². The lowest BCUT2D eigenvalue weighted by atomic mass is 9.52. The first-order valence-corrected chi connectivity index (χ1v) is 8.45. The zero-order chi connectivity index (χ0) is 14.2. The molecule has 1 nitrogen and oxygen atoms in total. The molecule has 1 aliphatic carbocycles. The number of halogens is 1. The summed E-state index contributed by atoms with van der Waals surface area (Å²) in [6, 6.07) is 0. The van der Waals surface area contributed by atoms with Gasteiger partial charge in [0.05, 0.1) is 0 Å². The number of alkyl halides is 1. The van der Waals surface area contributed by atoms with Crippen molar-refractivity contribution in [2.45, 2.75) is 60.8 Å². The number of allylic oxidation sites excluding steroid dienone is 2. The highest BCUT2D eigenvalue weighted by Crippen LogP contribution is 2.58. The van der Waals surface area contributed by atoms with E-state index in [-0.39, 0.29) is 16.2 Å². The third-order valence-corrected chi connectivity index (χ3v) is 5.75. The van der Waals surface area contributed by atoms with Gasteiger partial charge in [0.15, 0.2) is 5.78 Å². The minimum absolute atomic E-state index is 0.0681. The molecule has 1 rings (SSSR count). The lowest BCUT2D eigenvalue weighted by Gasteiger charge is -2.53. The Labute approximate surface area is 126 Å². The molecule has 0 N–H and O–H groups in total. The van der Waals surface area contributed by atoms with E-state index in [1.807, 2.05) is 6.08 Å². The summed E-state index contributed by atoms with van der Waals surface area (Å²) in [5.41, 5.74) is 1.69. The third kappa shape index (κ3) is 2.68. The van der Waals surface area contributed by atoms with Gasteiger partial charge >= 0.3 is 0 Å². The highest BCUT2D eigenvalue weighted by molar-refractivity contribution is 14.1. The smallest absolute Gasteiger partial charge is 0.156 e. The Morgan fingerprint density at radius 1 is 1.33 bits per heavy atom. The monoisotopic (exact) mass is 362 g/mol. The molecule has 0 saturated heterocycles. The zero-order valence-corrected chi connectivity index (χ0v) is 14.8. The highest BCUT2D eigenvalue weighted by Gasteiger charge is 2.52. The summed E-state index contributed by atoms with van der Waals surface area (Å²) in [6.07, 6.45) is 5.00. The van der Waals surface area contributed by atoms with Gasteiger partial charge in [0.2, 0.25) is 0 Å². The average molecular weight is 362 g/mol. The maximum absolute atomic E-state index is 12.1. The summed E-state index contributed by atoms with van der Waals surface area (Å²) in [4.78, 5) is 12.1. The molecule has 1 aliphatic rings. The summed E-state index contributed by atoms with van der Waals surface area (Å²) in [6.45, 7) is 13.5. The lowest BCUT2D eigenvalue weighted by molar-refractivity contribution is -0.119.